The molecule has 1 aromatic carbocycles. The standard InChI is InChI=1S/C13H17NO4/c1-4-18-13(15)14-12(17-3)11(16-2)10-8-6-5-7-9-10/h5-9H,4H2,1-3H3,(H,14,15)/b12-11-. The van der Waals surface area contributed by atoms with Crippen LogP contribution < -0.4 is 5.32 Å². The number of methoxy groups -OCH3 is 2. The number of hydrogen-bond donors (Lipinski definition) is 1. The van der Waals surface area contributed by atoms with Gasteiger partial charge < -0.3 is 14.2 Å². The Balaban J connectivity index is 2.98. The number of alkyl carbamates (subject to hydrolysis) is 1. The fourth-order valence-corrected chi connectivity index (χ4v) is 1.39. The van der Waals surface area contributed by atoms with Crippen molar-refractivity contribution in [3.05, 3.63) is 41.8 Å². The van der Waals surface area contributed by atoms with Crippen LogP contribution in [0.3, 0.4) is 0 Å². The molecule has 98 valence electrons. The van der Waals surface area contributed by atoms with E-state index in [1.165, 1.54) is 14.2 Å². The molecule has 0 fully saturated rings. The number of rotatable bonds is 5. The lowest BCUT2D eigenvalue weighted by atomic mass is 10.2. The highest BCUT2D eigenvalue weighted by atomic mass is 16.6. The van der Waals surface area contributed by atoms with Crippen LogP contribution in [0.2, 0.25) is 0 Å². The van der Waals surface area contributed by atoms with Gasteiger partial charge in [0.05, 0.1) is 20.8 Å². The maximum atomic E-state index is 11.4. The summed E-state index contributed by atoms with van der Waals surface area (Å²) in [4.78, 5) is 11.4. The Morgan fingerprint density at radius 2 is 1.83 bits per heavy atom. The van der Waals surface area contributed by atoms with Crippen molar-refractivity contribution in [2.45, 2.75) is 6.92 Å². The molecule has 1 aromatic rings. The minimum atomic E-state index is -0.583. The fourth-order valence-electron chi connectivity index (χ4n) is 1.39. The van der Waals surface area contributed by atoms with E-state index in [4.69, 9.17) is 14.2 Å². The molecule has 5 heteroatoms. The van der Waals surface area contributed by atoms with E-state index in [1.807, 2.05) is 30.3 Å². The average Bonchev–Trinajstić information content (AvgIpc) is 2.40. The van der Waals surface area contributed by atoms with Gasteiger partial charge in [-0.05, 0) is 6.92 Å². The summed E-state index contributed by atoms with van der Waals surface area (Å²) >= 11 is 0. The highest BCUT2D eigenvalue weighted by Crippen LogP contribution is 2.18. The monoisotopic (exact) mass is 251 g/mol. The summed E-state index contributed by atoms with van der Waals surface area (Å²) in [5.74, 6) is 0.647. The maximum absolute atomic E-state index is 11.4. The maximum Gasteiger partial charge on any atom is 0.414 e. The van der Waals surface area contributed by atoms with Gasteiger partial charge in [-0.25, -0.2) is 4.79 Å². The Morgan fingerprint density at radius 3 is 2.33 bits per heavy atom. The Kier molecular flexibility index (Phi) is 5.57. The molecule has 0 unspecified atom stereocenters. The lowest BCUT2D eigenvalue weighted by Gasteiger charge is -2.13. The SMILES string of the molecule is CCOC(=O)N/C(OC)=C(/OC)c1ccccc1. The molecule has 0 bridgehead atoms. The zero-order valence-corrected chi connectivity index (χ0v) is 10.7. The summed E-state index contributed by atoms with van der Waals surface area (Å²) in [6.45, 7) is 2.01. The van der Waals surface area contributed by atoms with Gasteiger partial charge >= 0.3 is 6.09 Å². The zero-order valence-electron chi connectivity index (χ0n) is 10.7. The van der Waals surface area contributed by atoms with Crippen molar-refractivity contribution >= 4 is 11.9 Å². The van der Waals surface area contributed by atoms with E-state index in [1.54, 1.807) is 6.92 Å². The molecular formula is C13H17NO4. The molecule has 1 rings (SSSR count). The first-order valence-corrected chi connectivity index (χ1v) is 5.54. The molecular weight excluding hydrogens is 234 g/mol. The molecule has 1 N–H and O–H groups in total. The van der Waals surface area contributed by atoms with Crippen molar-refractivity contribution in [2.24, 2.45) is 0 Å². The largest absolute Gasteiger partial charge is 0.491 e. The van der Waals surface area contributed by atoms with Gasteiger partial charge in [0.25, 0.3) is 0 Å². The van der Waals surface area contributed by atoms with Crippen LogP contribution in [-0.2, 0) is 14.2 Å². The second kappa shape index (κ2) is 7.21. The van der Waals surface area contributed by atoms with Crippen LogP contribution in [0.1, 0.15) is 12.5 Å². The van der Waals surface area contributed by atoms with E-state index in [0.717, 1.165) is 5.56 Å². The van der Waals surface area contributed by atoms with E-state index in [0.29, 0.717) is 5.76 Å². The number of carbonyl (C=O) groups excluding carboxylic acids is 1. The molecule has 0 aromatic heterocycles. The highest BCUT2D eigenvalue weighted by molar-refractivity contribution is 5.73. The molecule has 0 aliphatic heterocycles. The number of ether oxygens (including phenoxy) is 3. The molecule has 0 radical (unpaired) electrons. The third-order valence-corrected chi connectivity index (χ3v) is 2.14. The van der Waals surface area contributed by atoms with Crippen LogP contribution in [0.5, 0.6) is 0 Å². The first-order chi connectivity index (χ1) is 8.72. The van der Waals surface area contributed by atoms with E-state index < -0.39 is 6.09 Å². The van der Waals surface area contributed by atoms with E-state index in [-0.39, 0.29) is 12.5 Å². The molecule has 0 aliphatic carbocycles. The zero-order chi connectivity index (χ0) is 13.4. The Hall–Kier alpha value is -2.17. The van der Waals surface area contributed by atoms with Gasteiger partial charge in [0.15, 0.2) is 5.76 Å². The van der Waals surface area contributed by atoms with E-state index in [2.05, 4.69) is 5.32 Å². The van der Waals surface area contributed by atoms with E-state index >= 15 is 0 Å². The molecule has 5 nitrogen and oxygen atoms in total. The van der Waals surface area contributed by atoms with Crippen LogP contribution in [-0.4, -0.2) is 26.9 Å². The molecule has 0 atom stereocenters. The molecule has 0 spiro atoms. The number of nitrogens with one attached hydrogen (secondary N) is 1. The molecule has 0 saturated heterocycles. The summed E-state index contributed by atoms with van der Waals surface area (Å²) in [5, 5.41) is 2.49. The van der Waals surface area contributed by atoms with Gasteiger partial charge in [-0.2, -0.15) is 0 Å². The van der Waals surface area contributed by atoms with Gasteiger partial charge in [-0.3, -0.25) is 5.32 Å². The third kappa shape index (κ3) is 3.69. The van der Waals surface area contributed by atoms with Gasteiger partial charge in [-0.15, -0.1) is 0 Å². The minimum Gasteiger partial charge on any atom is -0.491 e. The van der Waals surface area contributed by atoms with Crippen molar-refractivity contribution in [3.8, 4) is 0 Å². The van der Waals surface area contributed by atoms with Crippen LogP contribution in [0.4, 0.5) is 4.79 Å². The molecule has 0 saturated carbocycles. The molecule has 0 aliphatic rings. The lowest BCUT2D eigenvalue weighted by Crippen LogP contribution is -2.26. The van der Waals surface area contributed by atoms with Crippen molar-refractivity contribution in [2.75, 3.05) is 20.8 Å². The van der Waals surface area contributed by atoms with Gasteiger partial charge in [0.1, 0.15) is 0 Å². The number of amides is 1. The summed E-state index contributed by atoms with van der Waals surface area (Å²) in [5.41, 5.74) is 0.800. The molecule has 0 heterocycles. The average molecular weight is 251 g/mol. The van der Waals surface area contributed by atoms with E-state index in [9.17, 15) is 4.79 Å². The quantitative estimate of drug-likeness (QED) is 0.816. The third-order valence-electron chi connectivity index (χ3n) is 2.14. The van der Waals surface area contributed by atoms with Crippen molar-refractivity contribution < 1.29 is 19.0 Å². The normalized spacial score (nSPS) is 11.3. The van der Waals surface area contributed by atoms with Crippen molar-refractivity contribution in [3.63, 3.8) is 0 Å². The van der Waals surface area contributed by atoms with Gasteiger partial charge in [0.2, 0.25) is 5.88 Å². The Labute approximate surface area is 106 Å². The second-order valence-corrected chi connectivity index (χ2v) is 3.28. The van der Waals surface area contributed by atoms with Crippen LogP contribution in [0.25, 0.3) is 5.76 Å². The smallest absolute Gasteiger partial charge is 0.414 e. The first-order valence-electron chi connectivity index (χ1n) is 5.54. The minimum absolute atomic E-state index is 0.210. The van der Waals surface area contributed by atoms with Crippen molar-refractivity contribution in [1.82, 2.24) is 5.32 Å². The number of benzene rings is 1. The topological polar surface area (TPSA) is 56.8 Å². The van der Waals surface area contributed by atoms with Gasteiger partial charge in [0, 0.05) is 5.56 Å². The summed E-state index contributed by atoms with van der Waals surface area (Å²) in [6.07, 6.45) is -0.583. The number of hydrogen-bond acceptors (Lipinski definition) is 4. The van der Waals surface area contributed by atoms with Gasteiger partial charge in [-0.1, -0.05) is 30.3 Å². The Morgan fingerprint density at radius 1 is 1.17 bits per heavy atom. The number of carbonyl (C=O) groups is 1. The summed E-state index contributed by atoms with van der Waals surface area (Å²) < 4.78 is 15.2. The highest BCUT2D eigenvalue weighted by Gasteiger charge is 2.14. The molecule has 18 heavy (non-hydrogen) atoms. The fraction of sp³-hybridized carbons (Fsp3) is 0.308. The first kappa shape index (κ1) is 13.9. The predicted octanol–water partition coefficient (Wildman–Crippen LogP) is 2.35. The Bertz CT molecular complexity index is 414. The lowest BCUT2D eigenvalue weighted by molar-refractivity contribution is 0.143. The summed E-state index contributed by atoms with van der Waals surface area (Å²) in [7, 11) is 2.96. The van der Waals surface area contributed by atoms with Crippen LogP contribution >= 0.6 is 0 Å². The summed E-state index contributed by atoms with van der Waals surface area (Å²) in [6, 6.07) is 9.33. The second-order valence-electron chi connectivity index (χ2n) is 3.28. The predicted molar refractivity (Wildman–Crippen MR) is 67.5 cm³/mol. The van der Waals surface area contributed by atoms with Crippen LogP contribution in [0.15, 0.2) is 36.2 Å². The molecule has 1 amide bonds. The van der Waals surface area contributed by atoms with Crippen molar-refractivity contribution in [1.29, 1.82) is 0 Å². The van der Waals surface area contributed by atoms with Crippen LogP contribution in [0, 0.1) is 0 Å².